The summed E-state index contributed by atoms with van der Waals surface area (Å²) in [6, 6.07) is 2.88. The zero-order valence-electron chi connectivity index (χ0n) is 11.3. The number of carbonyl (C=O) groups is 2. The first-order chi connectivity index (χ1) is 9.56. The minimum atomic E-state index is -0.947. The van der Waals surface area contributed by atoms with Gasteiger partial charge in [-0.15, -0.1) is 6.42 Å². The predicted octanol–water partition coefficient (Wildman–Crippen LogP) is 1.59. The van der Waals surface area contributed by atoms with Crippen molar-refractivity contribution in [2.45, 2.75) is 19.8 Å². The second-order valence-electron chi connectivity index (χ2n) is 4.16. The molecule has 0 spiro atoms. The number of hydrogen-bond acceptors (Lipinski definition) is 3. The van der Waals surface area contributed by atoms with E-state index in [0.717, 1.165) is 6.42 Å². The molecule has 0 saturated heterocycles. The van der Waals surface area contributed by atoms with Crippen LogP contribution in [0.15, 0.2) is 18.3 Å². The van der Waals surface area contributed by atoms with Gasteiger partial charge >= 0.3 is 12.0 Å². The maximum Gasteiger partial charge on any atom is 0.322 e. The Kier molecular flexibility index (Phi) is 6.04. The lowest BCUT2D eigenvalue weighted by molar-refractivity contribution is -0.136. The van der Waals surface area contributed by atoms with E-state index in [2.05, 4.69) is 16.2 Å². The summed E-state index contributed by atoms with van der Waals surface area (Å²) in [7, 11) is 0. The van der Waals surface area contributed by atoms with Crippen LogP contribution in [0.3, 0.4) is 0 Å². The maximum atomic E-state index is 12.0. The highest BCUT2D eigenvalue weighted by atomic mass is 16.4. The molecule has 0 fully saturated rings. The van der Waals surface area contributed by atoms with E-state index in [1.807, 2.05) is 6.92 Å². The van der Waals surface area contributed by atoms with Gasteiger partial charge in [0.15, 0.2) is 0 Å². The first-order valence-corrected chi connectivity index (χ1v) is 6.23. The number of carbonyl (C=O) groups excluding carboxylic acids is 1. The quantitative estimate of drug-likeness (QED) is 0.772. The molecule has 2 N–H and O–H groups in total. The molecule has 1 rings (SSSR count). The largest absolute Gasteiger partial charge is 0.481 e. The van der Waals surface area contributed by atoms with E-state index in [1.165, 1.54) is 11.1 Å². The fraction of sp³-hybridized carbons (Fsp3) is 0.357. The lowest BCUT2D eigenvalue weighted by atomic mass is 10.2. The van der Waals surface area contributed by atoms with E-state index in [1.54, 1.807) is 12.1 Å². The Morgan fingerprint density at radius 2 is 2.25 bits per heavy atom. The van der Waals surface area contributed by atoms with Gasteiger partial charge in [-0.1, -0.05) is 12.8 Å². The molecule has 6 nitrogen and oxygen atoms in total. The fourth-order valence-electron chi connectivity index (χ4n) is 1.59. The molecular weight excluding hydrogens is 258 g/mol. The molecule has 1 aromatic heterocycles. The molecule has 0 bridgehead atoms. The summed E-state index contributed by atoms with van der Waals surface area (Å²) in [6.07, 6.45) is 7.31. The summed E-state index contributed by atoms with van der Waals surface area (Å²) in [5.74, 6) is 1.49. The Bertz CT molecular complexity index is 505. The van der Waals surface area contributed by atoms with Gasteiger partial charge in [0.2, 0.25) is 0 Å². The Labute approximate surface area is 117 Å². The van der Waals surface area contributed by atoms with Crippen LogP contribution in [0.4, 0.5) is 10.5 Å². The number of terminal acetylenes is 1. The van der Waals surface area contributed by atoms with Crippen LogP contribution < -0.4 is 5.32 Å². The number of carboxylic acid groups (broad SMARTS) is 1. The number of carboxylic acids is 1. The van der Waals surface area contributed by atoms with Gasteiger partial charge in [0.1, 0.15) is 0 Å². The molecule has 0 atom stereocenters. The number of rotatable bonds is 6. The van der Waals surface area contributed by atoms with Crippen LogP contribution in [0.1, 0.15) is 19.0 Å². The fourth-order valence-corrected chi connectivity index (χ4v) is 1.59. The summed E-state index contributed by atoms with van der Waals surface area (Å²) in [5, 5.41) is 11.3. The number of nitrogens with one attached hydrogen (secondary N) is 1. The van der Waals surface area contributed by atoms with Gasteiger partial charge in [0.05, 0.1) is 30.5 Å². The zero-order chi connectivity index (χ0) is 15.0. The van der Waals surface area contributed by atoms with Crippen LogP contribution in [-0.4, -0.2) is 40.1 Å². The molecule has 20 heavy (non-hydrogen) atoms. The molecule has 0 saturated carbocycles. The number of pyridine rings is 1. The van der Waals surface area contributed by atoms with Crippen LogP contribution in [0.25, 0.3) is 0 Å². The molecule has 0 unspecified atom stereocenters. The van der Waals surface area contributed by atoms with Gasteiger partial charge in [-0.05, 0) is 18.6 Å². The van der Waals surface area contributed by atoms with Crippen molar-refractivity contribution in [1.29, 1.82) is 0 Å². The van der Waals surface area contributed by atoms with Crippen molar-refractivity contribution in [3.8, 4) is 12.3 Å². The van der Waals surface area contributed by atoms with Crippen molar-refractivity contribution >= 4 is 17.7 Å². The van der Waals surface area contributed by atoms with E-state index in [-0.39, 0.29) is 19.0 Å². The Hall–Kier alpha value is -2.55. The van der Waals surface area contributed by atoms with Crippen LogP contribution in [0.5, 0.6) is 0 Å². The molecule has 0 radical (unpaired) electrons. The van der Waals surface area contributed by atoms with E-state index in [4.69, 9.17) is 11.5 Å². The predicted molar refractivity (Wildman–Crippen MR) is 75.3 cm³/mol. The van der Waals surface area contributed by atoms with E-state index in [0.29, 0.717) is 17.9 Å². The Balaban J connectivity index is 2.65. The van der Waals surface area contributed by atoms with Gasteiger partial charge in [0, 0.05) is 6.54 Å². The normalized spacial score (nSPS) is 9.60. The highest BCUT2D eigenvalue weighted by molar-refractivity contribution is 5.89. The Morgan fingerprint density at radius 1 is 1.50 bits per heavy atom. The maximum absolute atomic E-state index is 12.0. The molecule has 1 heterocycles. The molecule has 6 heteroatoms. The topological polar surface area (TPSA) is 82.5 Å². The molecule has 1 aromatic rings. The van der Waals surface area contributed by atoms with Crippen molar-refractivity contribution in [3.05, 3.63) is 24.0 Å². The van der Waals surface area contributed by atoms with Crippen molar-refractivity contribution in [2.24, 2.45) is 0 Å². The third-order valence-corrected chi connectivity index (χ3v) is 2.47. The lowest BCUT2D eigenvalue weighted by Crippen LogP contribution is -2.35. The van der Waals surface area contributed by atoms with Crippen LogP contribution in [0, 0.1) is 12.3 Å². The minimum absolute atomic E-state index is 0.146. The first kappa shape index (κ1) is 15.5. The average Bonchev–Trinajstić information content (AvgIpc) is 2.40. The summed E-state index contributed by atoms with van der Waals surface area (Å²) in [4.78, 5) is 28.0. The number of aliphatic carboxylic acids is 1. The molecular formula is C14H17N3O3. The van der Waals surface area contributed by atoms with Crippen molar-refractivity contribution in [2.75, 3.05) is 18.4 Å². The minimum Gasteiger partial charge on any atom is -0.481 e. The summed E-state index contributed by atoms with van der Waals surface area (Å²) in [6.45, 7) is 2.77. The van der Waals surface area contributed by atoms with Gasteiger partial charge in [-0.3, -0.25) is 9.78 Å². The summed E-state index contributed by atoms with van der Waals surface area (Å²) in [5.41, 5.74) is 0.937. The van der Waals surface area contributed by atoms with Gasteiger partial charge < -0.3 is 15.3 Å². The monoisotopic (exact) mass is 275 g/mol. The zero-order valence-corrected chi connectivity index (χ0v) is 11.3. The van der Waals surface area contributed by atoms with E-state index >= 15 is 0 Å². The Morgan fingerprint density at radius 3 is 2.75 bits per heavy atom. The highest BCUT2D eigenvalue weighted by Gasteiger charge is 2.11. The van der Waals surface area contributed by atoms with Crippen molar-refractivity contribution in [1.82, 2.24) is 9.88 Å². The number of aromatic nitrogens is 1. The molecule has 0 aliphatic heterocycles. The number of amides is 2. The molecule has 2 amide bonds. The van der Waals surface area contributed by atoms with Crippen LogP contribution in [-0.2, 0) is 11.2 Å². The van der Waals surface area contributed by atoms with Crippen LogP contribution in [0.2, 0.25) is 0 Å². The third kappa shape index (κ3) is 4.98. The SMILES string of the molecule is C#CCN(CCC)C(=O)Nc1ccc(CC(=O)O)nc1. The number of nitrogens with zero attached hydrogens (tertiary/aromatic N) is 2. The lowest BCUT2D eigenvalue weighted by Gasteiger charge is -2.19. The van der Waals surface area contributed by atoms with Gasteiger partial charge in [-0.2, -0.15) is 0 Å². The second-order valence-corrected chi connectivity index (χ2v) is 4.16. The van der Waals surface area contributed by atoms with E-state index in [9.17, 15) is 9.59 Å². The second kappa shape index (κ2) is 7.79. The van der Waals surface area contributed by atoms with Crippen LogP contribution >= 0.6 is 0 Å². The smallest absolute Gasteiger partial charge is 0.322 e. The highest BCUT2D eigenvalue weighted by Crippen LogP contribution is 2.08. The number of anilines is 1. The molecule has 0 aromatic carbocycles. The summed E-state index contributed by atoms with van der Waals surface area (Å²) >= 11 is 0. The average molecular weight is 275 g/mol. The van der Waals surface area contributed by atoms with E-state index < -0.39 is 5.97 Å². The van der Waals surface area contributed by atoms with Gasteiger partial charge in [0.25, 0.3) is 0 Å². The molecule has 0 aliphatic rings. The molecule has 0 aliphatic carbocycles. The summed E-state index contributed by atoms with van der Waals surface area (Å²) < 4.78 is 0. The third-order valence-electron chi connectivity index (χ3n) is 2.47. The first-order valence-electron chi connectivity index (χ1n) is 6.23. The standard InChI is InChI=1S/C14H17N3O3/c1-3-7-17(8-4-2)14(20)16-12-6-5-11(15-10-12)9-13(18)19/h1,5-6,10H,4,7-9H2,2H3,(H,16,20)(H,18,19). The number of urea groups is 1. The van der Waals surface area contributed by atoms with Crippen molar-refractivity contribution < 1.29 is 14.7 Å². The van der Waals surface area contributed by atoms with Gasteiger partial charge in [-0.25, -0.2) is 4.79 Å². The number of hydrogen-bond donors (Lipinski definition) is 2. The van der Waals surface area contributed by atoms with Crippen molar-refractivity contribution in [3.63, 3.8) is 0 Å². The molecule has 106 valence electrons.